The third-order valence-electron chi connectivity index (χ3n) is 4.69. The second-order valence-corrected chi connectivity index (χ2v) is 7.77. The number of benzene rings is 1. The highest BCUT2D eigenvalue weighted by Crippen LogP contribution is 2.40. The number of anilines is 1. The molecule has 1 fully saturated rings. The molecule has 0 aliphatic heterocycles. The first-order chi connectivity index (χ1) is 14.0. The molecule has 0 saturated heterocycles. The van der Waals surface area contributed by atoms with E-state index >= 15 is 0 Å². The average Bonchev–Trinajstić information content (AvgIpc) is 3.25. The maximum absolute atomic E-state index is 12.4. The molecular weight excluding hydrogens is 394 g/mol. The second-order valence-electron chi connectivity index (χ2n) is 6.82. The van der Waals surface area contributed by atoms with Crippen molar-refractivity contribution in [2.45, 2.75) is 37.4 Å². The van der Waals surface area contributed by atoms with Crippen LogP contribution >= 0.6 is 11.8 Å². The first-order valence-corrected chi connectivity index (χ1v) is 10.1. The van der Waals surface area contributed by atoms with Crippen LogP contribution in [0.3, 0.4) is 0 Å². The lowest BCUT2D eigenvalue weighted by atomic mass is 10.1. The Morgan fingerprint density at radius 3 is 2.86 bits per heavy atom. The fourth-order valence-electron chi connectivity index (χ4n) is 3.03. The lowest BCUT2D eigenvalue weighted by Gasteiger charge is -2.10. The van der Waals surface area contributed by atoms with Gasteiger partial charge in [0, 0.05) is 12.0 Å². The zero-order valence-electron chi connectivity index (χ0n) is 15.7. The van der Waals surface area contributed by atoms with Crippen molar-refractivity contribution in [2.75, 3.05) is 11.1 Å². The fourth-order valence-corrected chi connectivity index (χ4v) is 3.78. The van der Waals surface area contributed by atoms with Crippen molar-refractivity contribution in [2.24, 2.45) is 0 Å². The number of hydrogen-bond acceptors (Lipinski definition) is 7. The van der Waals surface area contributed by atoms with Crippen LogP contribution in [0.15, 0.2) is 46.2 Å². The van der Waals surface area contributed by atoms with E-state index in [1.54, 1.807) is 25.3 Å². The number of nitro groups is 1. The summed E-state index contributed by atoms with van der Waals surface area (Å²) in [5, 5.41) is 23.0. The van der Waals surface area contributed by atoms with Gasteiger partial charge in [0.15, 0.2) is 5.16 Å². The minimum Gasteiger partial charge on any atom is -0.467 e. The number of nitrogens with one attached hydrogen (secondary N) is 1. The quantitative estimate of drug-likeness (QED) is 0.340. The van der Waals surface area contributed by atoms with Gasteiger partial charge in [-0.1, -0.05) is 17.8 Å². The SMILES string of the molecule is Cc1c(NC(=O)CSc2nnc(C3CC3)n2Cc2ccco2)cccc1[N+](=O)[O-]. The van der Waals surface area contributed by atoms with E-state index in [0.29, 0.717) is 28.9 Å². The highest BCUT2D eigenvalue weighted by Gasteiger charge is 2.31. The summed E-state index contributed by atoms with van der Waals surface area (Å²) in [6, 6.07) is 8.34. The Bertz CT molecular complexity index is 1040. The van der Waals surface area contributed by atoms with E-state index in [1.165, 1.54) is 17.8 Å². The molecule has 1 aromatic carbocycles. The summed E-state index contributed by atoms with van der Waals surface area (Å²) in [5.41, 5.74) is 0.830. The number of nitro benzene ring substituents is 1. The van der Waals surface area contributed by atoms with Crippen LogP contribution in [-0.4, -0.2) is 31.3 Å². The molecule has 1 aliphatic rings. The van der Waals surface area contributed by atoms with Crippen LogP contribution in [0.2, 0.25) is 0 Å². The predicted octanol–water partition coefficient (Wildman–Crippen LogP) is 3.74. The molecule has 3 aromatic rings. The Balaban J connectivity index is 1.45. The van der Waals surface area contributed by atoms with Crippen molar-refractivity contribution in [3.8, 4) is 0 Å². The minimum absolute atomic E-state index is 0.0253. The number of carbonyl (C=O) groups is 1. The summed E-state index contributed by atoms with van der Waals surface area (Å²) in [6.45, 7) is 2.13. The summed E-state index contributed by atoms with van der Waals surface area (Å²) in [5.74, 6) is 1.97. The van der Waals surface area contributed by atoms with Crippen LogP contribution in [-0.2, 0) is 11.3 Å². The molecule has 150 valence electrons. The maximum atomic E-state index is 12.4. The van der Waals surface area contributed by atoms with Crippen LogP contribution in [0.25, 0.3) is 0 Å². The lowest BCUT2D eigenvalue weighted by Crippen LogP contribution is -2.16. The third kappa shape index (κ3) is 4.32. The van der Waals surface area contributed by atoms with Gasteiger partial charge in [0.25, 0.3) is 5.69 Å². The first-order valence-electron chi connectivity index (χ1n) is 9.15. The van der Waals surface area contributed by atoms with Crippen LogP contribution in [0.4, 0.5) is 11.4 Å². The standard InChI is InChI=1S/C19H19N5O4S/c1-12-15(5-2-6-16(12)24(26)27)20-17(25)11-29-19-22-21-18(13-7-8-13)23(19)10-14-4-3-9-28-14/h2-6,9,13H,7-8,10-11H2,1H3,(H,20,25). The van der Waals surface area contributed by atoms with Crippen molar-refractivity contribution in [3.63, 3.8) is 0 Å². The molecular formula is C19H19N5O4S. The zero-order chi connectivity index (χ0) is 20.4. The number of carbonyl (C=O) groups excluding carboxylic acids is 1. The Morgan fingerprint density at radius 1 is 1.34 bits per heavy atom. The number of rotatable bonds is 8. The average molecular weight is 413 g/mol. The van der Waals surface area contributed by atoms with Gasteiger partial charge in [-0.2, -0.15) is 0 Å². The van der Waals surface area contributed by atoms with Gasteiger partial charge in [-0.25, -0.2) is 0 Å². The Hall–Kier alpha value is -3.14. The van der Waals surface area contributed by atoms with E-state index < -0.39 is 4.92 Å². The van der Waals surface area contributed by atoms with E-state index in [4.69, 9.17) is 4.42 Å². The first kappa shape index (κ1) is 19.2. The van der Waals surface area contributed by atoms with Crippen molar-refractivity contribution < 1.29 is 14.1 Å². The molecule has 0 spiro atoms. The minimum atomic E-state index is -0.462. The van der Waals surface area contributed by atoms with Gasteiger partial charge in [0.05, 0.1) is 34.7 Å². The lowest BCUT2D eigenvalue weighted by molar-refractivity contribution is -0.385. The Morgan fingerprint density at radius 2 is 2.17 bits per heavy atom. The summed E-state index contributed by atoms with van der Waals surface area (Å²) in [7, 11) is 0. The Labute approximate surface area is 170 Å². The Kier molecular flexibility index (Phi) is 5.34. The molecule has 1 amide bonds. The van der Waals surface area contributed by atoms with Crippen LogP contribution < -0.4 is 5.32 Å². The van der Waals surface area contributed by atoms with Gasteiger partial charge in [-0.05, 0) is 38.0 Å². The van der Waals surface area contributed by atoms with Crippen molar-refractivity contribution >= 4 is 29.0 Å². The smallest absolute Gasteiger partial charge is 0.274 e. The number of hydrogen-bond donors (Lipinski definition) is 1. The molecule has 10 heteroatoms. The molecule has 2 aromatic heterocycles. The van der Waals surface area contributed by atoms with Gasteiger partial charge in [0.2, 0.25) is 5.91 Å². The largest absolute Gasteiger partial charge is 0.467 e. The molecule has 1 saturated carbocycles. The van der Waals surface area contributed by atoms with E-state index in [-0.39, 0.29) is 17.3 Å². The molecule has 0 atom stereocenters. The van der Waals surface area contributed by atoms with E-state index in [9.17, 15) is 14.9 Å². The molecule has 0 radical (unpaired) electrons. The third-order valence-corrected chi connectivity index (χ3v) is 5.66. The van der Waals surface area contributed by atoms with E-state index in [0.717, 1.165) is 24.4 Å². The zero-order valence-corrected chi connectivity index (χ0v) is 16.5. The summed E-state index contributed by atoms with van der Waals surface area (Å²) in [4.78, 5) is 23.0. The maximum Gasteiger partial charge on any atom is 0.274 e. The van der Waals surface area contributed by atoms with Crippen LogP contribution in [0.5, 0.6) is 0 Å². The van der Waals surface area contributed by atoms with Gasteiger partial charge in [-0.15, -0.1) is 10.2 Å². The summed E-state index contributed by atoms with van der Waals surface area (Å²) >= 11 is 1.28. The molecule has 0 bridgehead atoms. The number of thioether (sulfide) groups is 1. The summed E-state index contributed by atoms with van der Waals surface area (Å²) in [6.07, 6.45) is 3.80. The van der Waals surface area contributed by atoms with Gasteiger partial charge in [-0.3, -0.25) is 19.5 Å². The molecule has 4 rings (SSSR count). The molecule has 2 heterocycles. The number of nitrogens with zero attached hydrogens (tertiary/aromatic N) is 4. The van der Waals surface area contributed by atoms with Crippen molar-refractivity contribution in [3.05, 3.63) is 63.9 Å². The summed E-state index contributed by atoms with van der Waals surface area (Å²) < 4.78 is 7.44. The van der Waals surface area contributed by atoms with Gasteiger partial charge >= 0.3 is 0 Å². The molecule has 29 heavy (non-hydrogen) atoms. The van der Waals surface area contributed by atoms with Crippen LogP contribution in [0, 0.1) is 17.0 Å². The highest BCUT2D eigenvalue weighted by molar-refractivity contribution is 7.99. The van der Waals surface area contributed by atoms with Gasteiger partial charge < -0.3 is 9.73 Å². The van der Waals surface area contributed by atoms with Crippen molar-refractivity contribution in [1.82, 2.24) is 14.8 Å². The molecule has 1 N–H and O–H groups in total. The van der Waals surface area contributed by atoms with Gasteiger partial charge in [0.1, 0.15) is 11.6 Å². The van der Waals surface area contributed by atoms with E-state index in [1.807, 2.05) is 16.7 Å². The van der Waals surface area contributed by atoms with E-state index in [2.05, 4.69) is 15.5 Å². The molecule has 9 nitrogen and oxygen atoms in total. The number of amides is 1. The molecule has 1 aliphatic carbocycles. The second kappa shape index (κ2) is 8.08. The number of aromatic nitrogens is 3. The van der Waals surface area contributed by atoms with Crippen molar-refractivity contribution in [1.29, 1.82) is 0 Å². The van der Waals surface area contributed by atoms with Crippen LogP contribution in [0.1, 0.15) is 35.9 Å². The molecule has 0 unspecified atom stereocenters. The fraction of sp³-hybridized carbons (Fsp3) is 0.316. The highest BCUT2D eigenvalue weighted by atomic mass is 32.2. The normalized spacial score (nSPS) is 13.4. The number of furan rings is 1. The predicted molar refractivity (Wildman–Crippen MR) is 107 cm³/mol. The topological polar surface area (TPSA) is 116 Å². The monoisotopic (exact) mass is 413 g/mol.